The standard InChI is InChI=1S/C14H24N4O2.2ClH/c1-11-13(12(2)20-16-11)10-17-6-8-18(9-7-17)14(19)4-3-5-15;;/h3-10,15H2,1-2H3;2*1H. The highest BCUT2D eigenvalue weighted by Gasteiger charge is 2.22. The second-order valence-electron chi connectivity index (χ2n) is 5.35. The molecule has 1 aliphatic rings. The number of amides is 1. The van der Waals surface area contributed by atoms with Crippen molar-refractivity contribution in [1.29, 1.82) is 0 Å². The van der Waals surface area contributed by atoms with Crippen LogP contribution in [0.25, 0.3) is 0 Å². The van der Waals surface area contributed by atoms with Crippen LogP contribution in [0.1, 0.15) is 29.9 Å². The molecule has 1 aliphatic heterocycles. The number of carbonyl (C=O) groups is 1. The molecule has 0 aliphatic carbocycles. The fourth-order valence-corrected chi connectivity index (χ4v) is 2.52. The van der Waals surface area contributed by atoms with Gasteiger partial charge in [0.2, 0.25) is 5.91 Å². The van der Waals surface area contributed by atoms with Crippen LogP contribution in [0, 0.1) is 13.8 Å². The summed E-state index contributed by atoms with van der Waals surface area (Å²) in [4.78, 5) is 16.2. The molecule has 128 valence electrons. The lowest BCUT2D eigenvalue weighted by Crippen LogP contribution is -2.48. The summed E-state index contributed by atoms with van der Waals surface area (Å²) in [5.74, 6) is 1.12. The van der Waals surface area contributed by atoms with Gasteiger partial charge in [-0.2, -0.15) is 0 Å². The van der Waals surface area contributed by atoms with E-state index in [1.165, 1.54) is 5.56 Å². The monoisotopic (exact) mass is 352 g/mol. The van der Waals surface area contributed by atoms with Crippen molar-refractivity contribution < 1.29 is 9.32 Å². The second-order valence-corrected chi connectivity index (χ2v) is 5.35. The van der Waals surface area contributed by atoms with Crippen molar-refractivity contribution >= 4 is 30.7 Å². The molecule has 0 bridgehead atoms. The molecule has 1 saturated heterocycles. The van der Waals surface area contributed by atoms with Gasteiger partial charge >= 0.3 is 0 Å². The zero-order valence-corrected chi connectivity index (χ0v) is 14.8. The van der Waals surface area contributed by atoms with Crippen LogP contribution in [-0.4, -0.2) is 53.6 Å². The molecule has 6 nitrogen and oxygen atoms in total. The SMILES string of the molecule is Cc1noc(C)c1CN1CCN(C(=O)CCCN)CC1.Cl.Cl. The van der Waals surface area contributed by atoms with E-state index < -0.39 is 0 Å². The number of hydrogen-bond acceptors (Lipinski definition) is 5. The van der Waals surface area contributed by atoms with Crippen molar-refractivity contribution in [3.63, 3.8) is 0 Å². The molecule has 0 unspecified atom stereocenters. The highest BCUT2D eigenvalue weighted by Crippen LogP contribution is 2.16. The molecule has 1 amide bonds. The molecule has 0 saturated carbocycles. The van der Waals surface area contributed by atoms with Gasteiger partial charge in [-0.15, -0.1) is 24.8 Å². The maximum absolute atomic E-state index is 11.9. The Hall–Kier alpha value is -0.820. The van der Waals surface area contributed by atoms with Gasteiger partial charge in [-0.3, -0.25) is 9.69 Å². The molecule has 1 aromatic heterocycles. The van der Waals surface area contributed by atoms with Gasteiger partial charge in [-0.25, -0.2) is 0 Å². The van der Waals surface area contributed by atoms with E-state index in [1.807, 2.05) is 18.7 Å². The summed E-state index contributed by atoms with van der Waals surface area (Å²) in [6.45, 7) is 8.75. The number of aryl methyl sites for hydroxylation is 2. The molecule has 0 aromatic carbocycles. The highest BCUT2D eigenvalue weighted by atomic mass is 35.5. The first-order chi connectivity index (χ1) is 9.61. The number of carbonyl (C=O) groups excluding carboxylic acids is 1. The van der Waals surface area contributed by atoms with Gasteiger partial charge in [0.25, 0.3) is 0 Å². The molecular weight excluding hydrogens is 327 g/mol. The zero-order valence-electron chi connectivity index (χ0n) is 13.2. The van der Waals surface area contributed by atoms with Crippen LogP contribution >= 0.6 is 24.8 Å². The van der Waals surface area contributed by atoms with E-state index in [9.17, 15) is 4.79 Å². The van der Waals surface area contributed by atoms with E-state index >= 15 is 0 Å². The van der Waals surface area contributed by atoms with Crippen molar-refractivity contribution in [3.05, 3.63) is 17.0 Å². The number of aromatic nitrogens is 1. The fourth-order valence-electron chi connectivity index (χ4n) is 2.52. The molecule has 2 heterocycles. The molecular formula is C14H26Cl2N4O2. The highest BCUT2D eigenvalue weighted by molar-refractivity contribution is 5.85. The number of rotatable bonds is 5. The van der Waals surface area contributed by atoms with E-state index in [0.717, 1.165) is 50.6 Å². The van der Waals surface area contributed by atoms with Crippen molar-refractivity contribution in [1.82, 2.24) is 15.0 Å². The fraction of sp³-hybridized carbons (Fsp3) is 0.714. The Morgan fingerprint density at radius 2 is 1.86 bits per heavy atom. The Morgan fingerprint density at radius 1 is 1.23 bits per heavy atom. The summed E-state index contributed by atoms with van der Waals surface area (Å²) >= 11 is 0. The number of hydrogen-bond donors (Lipinski definition) is 1. The summed E-state index contributed by atoms with van der Waals surface area (Å²) in [5.41, 5.74) is 7.57. The molecule has 1 aromatic rings. The Balaban J connectivity index is 0.00000220. The third kappa shape index (κ3) is 5.43. The van der Waals surface area contributed by atoms with Gasteiger partial charge in [0.1, 0.15) is 5.76 Å². The molecule has 0 radical (unpaired) electrons. The normalized spacial score (nSPS) is 15.1. The van der Waals surface area contributed by atoms with Crippen molar-refractivity contribution in [2.24, 2.45) is 5.73 Å². The molecule has 0 spiro atoms. The smallest absolute Gasteiger partial charge is 0.222 e. The summed E-state index contributed by atoms with van der Waals surface area (Å²) in [7, 11) is 0. The van der Waals surface area contributed by atoms with E-state index in [2.05, 4.69) is 10.1 Å². The lowest BCUT2D eigenvalue weighted by Gasteiger charge is -2.34. The van der Waals surface area contributed by atoms with E-state index in [-0.39, 0.29) is 30.7 Å². The van der Waals surface area contributed by atoms with Gasteiger partial charge in [0.05, 0.1) is 5.69 Å². The van der Waals surface area contributed by atoms with Gasteiger partial charge in [-0.1, -0.05) is 5.16 Å². The zero-order chi connectivity index (χ0) is 14.5. The van der Waals surface area contributed by atoms with E-state index in [1.54, 1.807) is 0 Å². The number of halogens is 2. The second kappa shape index (κ2) is 10.0. The number of nitrogens with zero attached hydrogens (tertiary/aromatic N) is 3. The van der Waals surface area contributed by atoms with Crippen LogP contribution in [0.15, 0.2) is 4.52 Å². The first-order valence-electron chi connectivity index (χ1n) is 7.23. The number of piperazine rings is 1. The van der Waals surface area contributed by atoms with Crippen molar-refractivity contribution in [3.8, 4) is 0 Å². The van der Waals surface area contributed by atoms with Gasteiger partial charge in [0.15, 0.2) is 0 Å². The van der Waals surface area contributed by atoms with Crippen LogP contribution in [0.4, 0.5) is 0 Å². The minimum absolute atomic E-state index is 0. The maximum Gasteiger partial charge on any atom is 0.222 e. The van der Waals surface area contributed by atoms with Crippen LogP contribution in [-0.2, 0) is 11.3 Å². The van der Waals surface area contributed by atoms with Crippen LogP contribution < -0.4 is 5.73 Å². The van der Waals surface area contributed by atoms with Crippen LogP contribution in [0.2, 0.25) is 0 Å². The average Bonchev–Trinajstić information content (AvgIpc) is 2.77. The Morgan fingerprint density at radius 3 is 2.36 bits per heavy atom. The molecule has 8 heteroatoms. The van der Waals surface area contributed by atoms with E-state index in [0.29, 0.717) is 13.0 Å². The quantitative estimate of drug-likeness (QED) is 0.869. The first kappa shape index (κ1) is 21.2. The van der Waals surface area contributed by atoms with Crippen LogP contribution in [0.5, 0.6) is 0 Å². The minimum Gasteiger partial charge on any atom is -0.361 e. The Kier molecular flexibility index (Phi) is 9.67. The summed E-state index contributed by atoms with van der Waals surface area (Å²) in [6, 6.07) is 0. The third-order valence-electron chi connectivity index (χ3n) is 3.88. The molecule has 2 rings (SSSR count). The summed E-state index contributed by atoms with van der Waals surface area (Å²) in [5, 5.41) is 3.98. The minimum atomic E-state index is 0. The summed E-state index contributed by atoms with van der Waals surface area (Å²) < 4.78 is 5.19. The van der Waals surface area contributed by atoms with Crippen LogP contribution in [0.3, 0.4) is 0 Å². The van der Waals surface area contributed by atoms with Crippen molar-refractivity contribution in [2.45, 2.75) is 33.2 Å². The molecule has 0 atom stereocenters. The predicted octanol–water partition coefficient (Wildman–Crippen LogP) is 1.52. The average molecular weight is 353 g/mol. The Labute approximate surface area is 144 Å². The van der Waals surface area contributed by atoms with Gasteiger partial charge in [0, 0.05) is 44.7 Å². The summed E-state index contributed by atoms with van der Waals surface area (Å²) in [6.07, 6.45) is 1.35. The third-order valence-corrected chi connectivity index (χ3v) is 3.88. The topological polar surface area (TPSA) is 75.6 Å². The molecule has 2 N–H and O–H groups in total. The van der Waals surface area contributed by atoms with E-state index in [4.69, 9.17) is 10.3 Å². The Bertz CT molecular complexity index is 440. The number of nitrogens with two attached hydrogens (primary N) is 1. The van der Waals surface area contributed by atoms with Crippen molar-refractivity contribution in [2.75, 3.05) is 32.7 Å². The van der Waals surface area contributed by atoms with Gasteiger partial charge < -0.3 is 15.2 Å². The lowest BCUT2D eigenvalue weighted by atomic mass is 10.1. The van der Waals surface area contributed by atoms with Gasteiger partial charge in [-0.05, 0) is 26.8 Å². The first-order valence-corrected chi connectivity index (χ1v) is 7.23. The predicted molar refractivity (Wildman–Crippen MR) is 90.6 cm³/mol. The molecule has 22 heavy (non-hydrogen) atoms. The largest absolute Gasteiger partial charge is 0.361 e. The lowest BCUT2D eigenvalue weighted by molar-refractivity contribution is -0.133. The maximum atomic E-state index is 11.9. The molecule has 1 fully saturated rings.